The van der Waals surface area contributed by atoms with Crippen LogP contribution in [0.25, 0.3) is 16.7 Å². The highest BCUT2D eigenvalue weighted by atomic mass is 79.9. The van der Waals surface area contributed by atoms with Crippen molar-refractivity contribution in [2.75, 3.05) is 11.7 Å². The van der Waals surface area contributed by atoms with Gasteiger partial charge in [0.15, 0.2) is 17.1 Å². The topological polar surface area (TPSA) is 86.6 Å². The number of halogens is 1. The SMILES string of the molecule is Cc1nn(-c2ccc(Br)cc2)c2ncc3c(c12)C(=O)N(c1ccc2c(c1)OCO2)C3=O. The second-order valence-electron chi connectivity index (χ2n) is 7.20. The molecule has 2 aromatic heterocycles. The summed E-state index contributed by atoms with van der Waals surface area (Å²) in [5.74, 6) is 0.237. The lowest BCUT2D eigenvalue weighted by atomic mass is 10.1. The molecule has 0 aliphatic carbocycles. The summed E-state index contributed by atoms with van der Waals surface area (Å²) in [6.07, 6.45) is 1.45. The first-order chi connectivity index (χ1) is 15.0. The van der Waals surface area contributed by atoms with Crippen LogP contribution >= 0.6 is 15.9 Å². The number of aromatic nitrogens is 3. The molecule has 6 rings (SSSR count). The van der Waals surface area contributed by atoms with Crippen LogP contribution in [0.5, 0.6) is 11.5 Å². The van der Waals surface area contributed by atoms with Gasteiger partial charge in [0.05, 0.1) is 33.6 Å². The summed E-state index contributed by atoms with van der Waals surface area (Å²) in [5.41, 5.74) is 2.94. The number of carbonyl (C=O) groups is 2. The fourth-order valence-electron chi connectivity index (χ4n) is 3.98. The molecule has 4 heterocycles. The number of rotatable bonds is 2. The number of amides is 2. The van der Waals surface area contributed by atoms with Gasteiger partial charge in [-0.25, -0.2) is 14.6 Å². The maximum absolute atomic E-state index is 13.4. The number of nitrogens with zero attached hydrogens (tertiary/aromatic N) is 4. The van der Waals surface area contributed by atoms with Crippen molar-refractivity contribution >= 4 is 44.5 Å². The van der Waals surface area contributed by atoms with Crippen molar-refractivity contribution in [1.29, 1.82) is 0 Å². The van der Waals surface area contributed by atoms with Crippen LogP contribution < -0.4 is 14.4 Å². The zero-order chi connectivity index (χ0) is 21.3. The van der Waals surface area contributed by atoms with Crippen LogP contribution in [0.4, 0.5) is 5.69 Å². The first-order valence-corrected chi connectivity index (χ1v) is 10.2. The van der Waals surface area contributed by atoms with E-state index >= 15 is 0 Å². The average Bonchev–Trinajstić information content (AvgIpc) is 3.44. The van der Waals surface area contributed by atoms with Crippen molar-refractivity contribution in [2.24, 2.45) is 0 Å². The van der Waals surface area contributed by atoms with Crippen LogP contribution in [0.15, 0.2) is 53.1 Å². The summed E-state index contributed by atoms with van der Waals surface area (Å²) in [5, 5.41) is 5.16. The van der Waals surface area contributed by atoms with Gasteiger partial charge in [-0.15, -0.1) is 0 Å². The molecule has 0 bridgehead atoms. The van der Waals surface area contributed by atoms with Gasteiger partial charge in [-0.1, -0.05) is 15.9 Å². The van der Waals surface area contributed by atoms with Crippen LogP contribution in [0.3, 0.4) is 0 Å². The Kier molecular flexibility index (Phi) is 3.73. The quantitative estimate of drug-likeness (QED) is 0.406. The van der Waals surface area contributed by atoms with Gasteiger partial charge < -0.3 is 9.47 Å². The normalized spacial score (nSPS) is 14.6. The molecule has 2 aliphatic heterocycles. The first-order valence-electron chi connectivity index (χ1n) is 9.45. The maximum atomic E-state index is 13.4. The lowest BCUT2D eigenvalue weighted by molar-refractivity contribution is 0.0926. The molecule has 152 valence electrons. The summed E-state index contributed by atoms with van der Waals surface area (Å²) >= 11 is 3.43. The molecule has 0 radical (unpaired) electrons. The van der Waals surface area contributed by atoms with Crippen molar-refractivity contribution in [3.05, 3.63) is 70.0 Å². The Morgan fingerprint density at radius 2 is 1.71 bits per heavy atom. The van der Waals surface area contributed by atoms with Gasteiger partial charge in [0.1, 0.15) is 0 Å². The minimum Gasteiger partial charge on any atom is -0.454 e. The van der Waals surface area contributed by atoms with E-state index in [0.29, 0.717) is 39.5 Å². The molecule has 0 saturated heterocycles. The van der Waals surface area contributed by atoms with E-state index in [9.17, 15) is 9.59 Å². The largest absolute Gasteiger partial charge is 0.454 e. The summed E-state index contributed by atoms with van der Waals surface area (Å²) in [6.45, 7) is 1.92. The summed E-state index contributed by atoms with van der Waals surface area (Å²) in [4.78, 5) is 32.2. The zero-order valence-corrected chi connectivity index (χ0v) is 17.7. The monoisotopic (exact) mass is 476 g/mol. The fraction of sp³-hybridized carbons (Fsp3) is 0.0909. The van der Waals surface area contributed by atoms with Crippen molar-refractivity contribution in [2.45, 2.75) is 6.92 Å². The summed E-state index contributed by atoms with van der Waals surface area (Å²) in [6, 6.07) is 12.6. The molecule has 2 aliphatic rings. The molecule has 2 amide bonds. The highest BCUT2D eigenvalue weighted by Gasteiger charge is 2.40. The van der Waals surface area contributed by atoms with E-state index in [4.69, 9.17) is 9.47 Å². The highest BCUT2D eigenvalue weighted by Crippen LogP contribution is 2.39. The number of aryl methyl sites for hydroxylation is 1. The number of anilines is 1. The number of carbonyl (C=O) groups excluding carboxylic acids is 2. The number of hydrogen-bond donors (Lipinski definition) is 0. The van der Waals surface area contributed by atoms with E-state index < -0.39 is 11.8 Å². The van der Waals surface area contributed by atoms with Crippen molar-refractivity contribution in [3.8, 4) is 17.2 Å². The Bertz CT molecular complexity index is 1430. The fourth-order valence-corrected chi connectivity index (χ4v) is 4.25. The molecule has 0 N–H and O–H groups in total. The van der Waals surface area contributed by atoms with E-state index in [-0.39, 0.29) is 12.4 Å². The first kappa shape index (κ1) is 18.1. The molecule has 9 heteroatoms. The van der Waals surface area contributed by atoms with Gasteiger partial charge in [0.25, 0.3) is 11.8 Å². The molecule has 0 saturated carbocycles. The lowest BCUT2D eigenvalue weighted by Crippen LogP contribution is -2.29. The van der Waals surface area contributed by atoms with Crippen LogP contribution in [0, 0.1) is 6.92 Å². The third-order valence-corrected chi connectivity index (χ3v) is 5.94. The van der Waals surface area contributed by atoms with E-state index in [2.05, 4.69) is 26.0 Å². The standard InChI is InChI=1S/C22H13BrN4O4/c1-11-18-19-15(9-24-20(18)27(25-11)13-4-2-12(23)3-5-13)21(28)26(22(19)29)14-6-7-16-17(8-14)31-10-30-16/h2-9H,10H2,1H3. The number of hydrogen-bond acceptors (Lipinski definition) is 6. The third-order valence-electron chi connectivity index (χ3n) is 5.41. The predicted octanol–water partition coefficient (Wildman–Crippen LogP) is 4.02. The number of fused-ring (bicyclic) bond motifs is 4. The molecule has 4 aromatic rings. The smallest absolute Gasteiger partial charge is 0.267 e. The van der Waals surface area contributed by atoms with Crippen LogP contribution in [0.1, 0.15) is 26.4 Å². The molecular weight excluding hydrogens is 464 g/mol. The Morgan fingerprint density at radius 3 is 2.52 bits per heavy atom. The number of pyridine rings is 1. The molecular formula is C22H13BrN4O4. The third kappa shape index (κ3) is 2.53. The number of ether oxygens (including phenoxy) is 2. The van der Waals surface area contributed by atoms with E-state index in [0.717, 1.165) is 15.1 Å². The molecule has 0 unspecified atom stereocenters. The van der Waals surface area contributed by atoms with Crippen LogP contribution in [-0.2, 0) is 0 Å². The Labute approximate surface area is 184 Å². The molecule has 8 nitrogen and oxygen atoms in total. The Balaban J connectivity index is 1.51. The van der Waals surface area contributed by atoms with Gasteiger partial charge in [0, 0.05) is 16.7 Å². The minimum atomic E-state index is -0.427. The van der Waals surface area contributed by atoms with Gasteiger partial charge in [-0.3, -0.25) is 9.59 Å². The van der Waals surface area contributed by atoms with Crippen molar-refractivity contribution in [1.82, 2.24) is 14.8 Å². The van der Waals surface area contributed by atoms with Crippen LogP contribution in [-0.4, -0.2) is 33.4 Å². The van der Waals surface area contributed by atoms with Crippen LogP contribution in [0.2, 0.25) is 0 Å². The molecule has 0 fully saturated rings. The Hall–Kier alpha value is -3.72. The summed E-state index contributed by atoms with van der Waals surface area (Å²) in [7, 11) is 0. The van der Waals surface area contributed by atoms with Gasteiger partial charge in [-0.05, 0) is 43.3 Å². The van der Waals surface area contributed by atoms with Gasteiger partial charge >= 0.3 is 0 Å². The molecule has 0 atom stereocenters. The second kappa shape index (κ2) is 6.39. The predicted molar refractivity (Wildman–Crippen MR) is 115 cm³/mol. The zero-order valence-electron chi connectivity index (χ0n) is 16.1. The van der Waals surface area contributed by atoms with E-state index in [1.54, 1.807) is 29.8 Å². The maximum Gasteiger partial charge on any atom is 0.267 e. The number of benzene rings is 2. The molecule has 0 spiro atoms. The van der Waals surface area contributed by atoms with Gasteiger partial charge in [0.2, 0.25) is 6.79 Å². The van der Waals surface area contributed by atoms with E-state index in [1.165, 1.54) is 6.20 Å². The van der Waals surface area contributed by atoms with Crippen molar-refractivity contribution < 1.29 is 19.1 Å². The average molecular weight is 477 g/mol. The highest BCUT2D eigenvalue weighted by molar-refractivity contribution is 9.10. The number of imide groups is 1. The molecule has 2 aromatic carbocycles. The van der Waals surface area contributed by atoms with E-state index in [1.807, 2.05) is 24.3 Å². The lowest BCUT2D eigenvalue weighted by Gasteiger charge is -2.14. The second-order valence-corrected chi connectivity index (χ2v) is 8.12. The van der Waals surface area contributed by atoms with Crippen molar-refractivity contribution in [3.63, 3.8) is 0 Å². The summed E-state index contributed by atoms with van der Waals surface area (Å²) < 4.78 is 13.3. The minimum absolute atomic E-state index is 0.111. The van der Waals surface area contributed by atoms with Gasteiger partial charge in [-0.2, -0.15) is 5.10 Å². The Morgan fingerprint density at radius 1 is 0.968 bits per heavy atom. The molecule has 31 heavy (non-hydrogen) atoms.